The fourth-order valence-corrected chi connectivity index (χ4v) is 2.70. The van der Waals surface area contributed by atoms with Gasteiger partial charge in [0.25, 0.3) is 5.91 Å². The van der Waals surface area contributed by atoms with Crippen LogP contribution < -0.4 is 0 Å². The Morgan fingerprint density at radius 2 is 2.10 bits per heavy atom. The number of carbonyl (C=O) groups is 2. The summed E-state index contributed by atoms with van der Waals surface area (Å²) < 4.78 is 37.7. The molecule has 0 saturated heterocycles. The van der Waals surface area contributed by atoms with E-state index in [9.17, 15) is 22.8 Å². The van der Waals surface area contributed by atoms with Gasteiger partial charge in [0.15, 0.2) is 0 Å². The molecule has 1 aliphatic carbocycles. The number of hydrogen-bond acceptors (Lipinski definition) is 3. The molecule has 0 spiro atoms. The molecule has 1 aromatic rings. The third-order valence-corrected chi connectivity index (χ3v) is 3.81. The summed E-state index contributed by atoms with van der Waals surface area (Å²) in [6.07, 6.45) is -1.26. The van der Waals surface area contributed by atoms with Gasteiger partial charge in [-0.3, -0.25) is 4.79 Å². The third kappa shape index (κ3) is 4.32. The van der Waals surface area contributed by atoms with Crippen LogP contribution in [0.3, 0.4) is 0 Å². The molecule has 0 radical (unpaired) electrons. The summed E-state index contributed by atoms with van der Waals surface area (Å²) in [5, 5.41) is 10.1. The summed E-state index contributed by atoms with van der Waals surface area (Å²) in [4.78, 5) is 23.7. The van der Waals surface area contributed by atoms with E-state index in [-0.39, 0.29) is 10.9 Å². The lowest BCUT2D eigenvalue weighted by molar-refractivity contribution is -0.141. The van der Waals surface area contributed by atoms with Crippen molar-refractivity contribution in [3.63, 3.8) is 0 Å². The van der Waals surface area contributed by atoms with E-state index >= 15 is 0 Å². The van der Waals surface area contributed by atoms with Gasteiger partial charge in [0, 0.05) is 12.1 Å². The number of nitrogens with zero attached hydrogens (tertiary/aromatic N) is 1. The van der Waals surface area contributed by atoms with Gasteiger partial charge in [-0.05, 0) is 35.9 Å². The van der Waals surface area contributed by atoms with Gasteiger partial charge in [-0.1, -0.05) is 0 Å². The van der Waals surface area contributed by atoms with Crippen molar-refractivity contribution in [1.82, 2.24) is 4.90 Å². The highest BCUT2D eigenvalue weighted by Gasteiger charge is 2.41. The third-order valence-electron chi connectivity index (χ3n) is 2.89. The van der Waals surface area contributed by atoms with E-state index in [1.54, 1.807) is 5.38 Å². The van der Waals surface area contributed by atoms with E-state index in [2.05, 4.69) is 0 Å². The summed E-state index contributed by atoms with van der Waals surface area (Å²) in [6.45, 7) is -1.28. The Hall–Kier alpha value is -1.83. The van der Waals surface area contributed by atoms with Crippen LogP contribution in [-0.2, 0) is 4.79 Å². The van der Waals surface area contributed by atoms with Crippen LogP contribution in [0.4, 0.5) is 13.2 Å². The highest BCUT2D eigenvalue weighted by molar-refractivity contribution is 7.12. The number of alkyl halides is 3. The van der Waals surface area contributed by atoms with Crippen molar-refractivity contribution in [2.45, 2.75) is 25.1 Å². The predicted octanol–water partition coefficient (Wildman–Crippen LogP) is 3.01. The SMILES string of the molecule is O=C(O)C=Cc1ccsc1C(=O)N(CC(F)(F)F)C1CC1. The zero-order valence-corrected chi connectivity index (χ0v) is 11.6. The van der Waals surface area contributed by atoms with Gasteiger partial charge in [0.2, 0.25) is 0 Å². The molecule has 1 heterocycles. The average molecular weight is 319 g/mol. The fraction of sp³-hybridized carbons (Fsp3) is 0.385. The van der Waals surface area contributed by atoms with E-state index in [4.69, 9.17) is 5.11 Å². The molecule has 8 heteroatoms. The molecule has 0 aromatic carbocycles. The van der Waals surface area contributed by atoms with Gasteiger partial charge in [0.05, 0.1) is 4.88 Å². The minimum absolute atomic E-state index is 0.128. The van der Waals surface area contributed by atoms with Crippen LogP contribution in [0, 0.1) is 0 Å². The normalized spacial score (nSPS) is 15.4. The maximum Gasteiger partial charge on any atom is 0.406 e. The lowest BCUT2D eigenvalue weighted by atomic mass is 10.2. The minimum atomic E-state index is -4.45. The maximum absolute atomic E-state index is 12.6. The summed E-state index contributed by atoms with van der Waals surface area (Å²) in [7, 11) is 0. The number of thiophene rings is 1. The standard InChI is InChI=1S/C13H12F3NO3S/c14-13(15,16)7-17(9-2-3-9)12(20)11-8(5-6-21-11)1-4-10(18)19/h1,4-6,9H,2-3,7H2,(H,18,19). The summed E-state index contributed by atoms with van der Waals surface area (Å²) in [5.74, 6) is -1.89. The molecule has 1 aromatic heterocycles. The molecule has 1 aliphatic rings. The maximum atomic E-state index is 12.6. The molecule has 21 heavy (non-hydrogen) atoms. The Labute approximate surface area is 122 Å². The van der Waals surface area contributed by atoms with Crippen molar-refractivity contribution < 1.29 is 27.9 Å². The lowest BCUT2D eigenvalue weighted by Crippen LogP contribution is -2.40. The number of aliphatic carboxylic acids is 1. The monoisotopic (exact) mass is 319 g/mol. The molecule has 1 saturated carbocycles. The number of hydrogen-bond donors (Lipinski definition) is 1. The van der Waals surface area contributed by atoms with Gasteiger partial charge in [-0.25, -0.2) is 4.79 Å². The van der Waals surface area contributed by atoms with Gasteiger partial charge in [-0.15, -0.1) is 11.3 Å². The van der Waals surface area contributed by atoms with Crippen molar-refractivity contribution in [2.24, 2.45) is 0 Å². The van der Waals surface area contributed by atoms with E-state index < -0.39 is 24.6 Å². The van der Waals surface area contributed by atoms with Crippen molar-refractivity contribution in [1.29, 1.82) is 0 Å². The molecule has 2 rings (SSSR count). The second-order valence-electron chi connectivity index (χ2n) is 4.66. The van der Waals surface area contributed by atoms with Crippen LogP contribution >= 0.6 is 11.3 Å². The van der Waals surface area contributed by atoms with E-state index in [0.717, 1.165) is 22.3 Å². The second kappa shape index (κ2) is 5.88. The van der Waals surface area contributed by atoms with Gasteiger partial charge in [-0.2, -0.15) is 13.2 Å². The quantitative estimate of drug-likeness (QED) is 0.849. The zero-order valence-electron chi connectivity index (χ0n) is 10.8. The van der Waals surface area contributed by atoms with Crippen molar-refractivity contribution in [3.8, 4) is 0 Å². The Balaban J connectivity index is 2.21. The number of amides is 1. The van der Waals surface area contributed by atoms with Gasteiger partial charge < -0.3 is 10.0 Å². The first-order valence-corrected chi connectivity index (χ1v) is 7.02. The molecule has 1 N–H and O–H groups in total. The fourth-order valence-electron chi connectivity index (χ4n) is 1.86. The molecule has 1 amide bonds. The molecular weight excluding hydrogens is 307 g/mol. The Morgan fingerprint density at radius 1 is 1.43 bits per heavy atom. The second-order valence-corrected chi connectivity index (χ2v) is 5.57. The molecule has 0 aliphatic heterocycles. The van der Waals surface area contributed by atoms with Crippen LogP contribution in [0.15, 0.2) is 17.5 Å². The van der Waals surface area contributed by atoms with Gasteiger partial charge >= 0.3 is 12.1 Å². The van der Waals surface area contributed by atoms with E-state index in [1.165, 1.54) is 12.1 Å². The molecule has 0 atom stereocenters. The molecule has 1 fully saturated rings. The molecule has 114 valence electrons. The summed E-state index contributed by atoms with van der Waals surface area (Å²) in [6, 6.07) is 1.13. The number of carboxylic acids is 1. The highest BCUT2D eigenvalue weighted by atomic mass is 32.1. The first-order chi connectivity index (χ1) is 9.78. The van der Waals surface area contributed by atoms with Crippen molar-refractivity contribution >= 4 is 29.3 Å². The highest BCUT2D eigenvalue weighted by Crippen LogP contribution is 2.33. The minimum Gasteiger partial charge on any atom is -0.478 e. The summed E-state index contributed by atoms with van der Waals surface area (Å²) >= 11 is 1.01. The van der Waals surface area contributed by atoms with Crippen LogP contribution in [0.1, 0.15) is 28.1 Å². The largest absolute Gasteiger partial charge is 0.478 e. The first-order valence-electron chi connectivity index (χ1n) is 6.14. The molecule has 0 unspecified atom stereocenters. The van der Waals surface area contributed by atoms with Crippen molar-refractivity contribution in [2.75, 3.05) is 6.54 Å². The Morgan fingerprint density at radius 3 is 2.62 bits per heavy atom. The van der Waals surface area contributed by atoms with Crippen LogP contribution in [0.25, 0.3) is 6.08 Å². The van der Waals surface area contributed by atoms with Crippen LogP contribution in [0.5, 0.6) is 0 Å². The first kappa shape index (κ1) is 15.6. The lowest BCUT2D eigenvalue weighted by Gasteiger charge is -2.23. The molecule has 4 nitrogen and oxygen atoms in total. The Bertz CT molecular complexity index is 575. The number of rotatable bonds is 5. The molecular formula is C13H12F3NO3S. The predicted molar refractivity (Wildman–Crippen MR) is 71.1 cm³/mol. The number of carboxylic acid groups (broad SMARTS) is 1. The topological polar surface area (TPSA) is 57.6 Å². The number of halogens is 3. The zero-order chi connectivity index (χ0) is 15.6. The Kier molecular flexibility index (Phi) is 4.36. The van der Waals surface area contributed by atoms with Crippen LogP contribution in [0.2, 0.25) is 0 Å². The van der Waals surface area contributed by atoms with E-state index in [1.807, 2.05) is 0 Å². The van der Waals surface area contributed by atoms with Gasteiger partial charge in [0.1, 0.15) is 6.54 Å². The van der Waals surface area contributed by atoms with Crippen molar-refractivity contribution in [3.05, 3.63) is 28.0 Å². The average Bonchev–Trinajstić information content (AvgIpc) is 3.10. The number of carbonyl (C=O) groups excluding carboxylic acids is 1. The molecule has 0 bridgehead atoms. The summed E-state index contributed by atoms with van der Waals surface area (Å²) in [5.41, 5.74) is 0.320. The smallest absolute Gasteiger partial charge is 0.406 e. The van der Waals surface area contributed by atoms with E-state index in [0.29, 0.717) is 18.4 Å². The van der Waals surface area contributed by atoms with Crippen LogP contribution in [-0.4, -0.2) is 40.6 Å².